The number of fused-ring (bicyclic) bond motifs is 14. The molecule has 0 radical (unpaired) electrons. The molecule has 0 atom stereocenters. The molecule has 7 heteroatoms. The van der Waals surface area contributed by atoms with Crippen molar-refractivity contribution in [3.8, 4) is 56.9 Å². The van der Waals surface area contributed by atoms with Crippen molar-refractivity contribution in [3.63, 3.8) is 0 Å². The van der Waals surface area contributed by atoms with Crippen molar-refractivity contribution in [3.05, 3.63) is 260 Å². The van der Waals surface area contributed by atoms with Gasteiger partial charge in [0.25, 0.3) is 0 Å². The lowest BCUT2D eigenvalue weighted by Crippen LogP contribution is -2.00. The lowest BCUT2D eigenvalue weighted by molar-refractivity contribution is 1.07. The summed E-state index contributed by atoms with van der Waals surface area (Å²) < 4.78 is 9.84. The van der Waals surface area contributed by atoms with Crippen molar-refractivity contribution in [1.82, 2.24) is 33.2 Å². The zero-order valence-corrected chi connectivity index (χ0v) is 41.9. The second-order valence-electron chi connectivity index (χ2n) is 20.0. The van der Waals surface area contributed by atoms with E-state index >= 15 is 0 Å². The molecule has 0 bridgehead atoms. The normalized spacial score (nSPS) is 12.0. The lowest BCUT2D eigenvalue weighted by Gasteiger charge is -2.11. The van der Waals surface area contributed by atoms with Crippen LogP contribution in [0.5, 0.6) is 0 Å². The van der Waals surface area contributed by atoms with Gasteiger partial charge < -0.3 is 18.3 Å². The number of benzene rings is 11. The van der Waals surface area contributed by atoms with E-state index in [4.69, 9.17) is 15.0 Å². The smallest absolute Gasteiger partial charge is 0.164 e. The molecule has 0 amide bonds. The van der Waals surface area contributed by atoms with E-state index in [1.165, 1.54) is 48.9 Å². The number of hydrogen-bond acceptors (Lipinski definition) is 3. The Morgan fingerprint density at radius 3 is 1.30 bits per heavy atom. The molecule has 0 spiro atoms. The van der Waals surface area contributed by atoms with Crippen LogP contribution in [-0.4, -0.2) is 33.2 Å². The summed E-state index contributed by atoms with van der Waals surface area (Å²) in [6, 6.07) is 91.3. The number of para-hydroxylation sites is 5. The summed E-state index contributed by atoms with van der Waals surface area (Å²) in [6.07, 6.45) is 0. The Morgan fingerprint density at radius 1 is 0.247 bits per heavy atom. The van der Waals surface area contributed by atoms with Crippen LogP contribution in [0.15, 0.2) is 255 Å². The van der Waals surface area contributed by atoms with Crippen LogP contribution in [0, 0.1) is 6.92 Å². The molecule has 0 N–H and O–H groups in total. The Hall–Kier alpha value is -10.4. The fourth-order valence-corrected chi connectivity index (χ4v) is 12.4. The van der Waals surface area contributed by atoms with E-state index in [-0.39, 0.29) is 0 Å². The molecule has 5 heterocycles. The van der Waals surface area contributed by atoms with Gasteiger partial charge in [-0.3, -0.25) is 0 Å². The van der Waals surface area contributed by atoms with E-state index in [2.05, 4.69) is 244 Å². The van der Waals surface area contributed by atoms with Gasteiger partial charge in [0, 0.05) is 82.5 Å². The SMILES string of the molecule is Cc1cc2c(c3cc(-c4nc(-c5ccccc5)nc(-c5ccccc5)n4)ccc3n2-c2ccccc2)c2c1c1cc(-n3c4ccccc4c4c3ccc3c5ccccc5n(-c5ccccc5)c34)ccc1n2-c1ccccc1. The van der Waals surface area contributed by atoms with Crippen LogP contribution in [0.1, 0.15) is 5.56 Å². The third-order valence-electron chi connectivity index (χ3n) is 15.7. The maximum atomic E-state index is 5.21. The predicted molar refractivity (Wildman–Crippen MR) is 318 cm³/mol. The third kappa shape index (κ3) is 6.47. The summed E-state index contributed by atoms with van der Waals surface area (Å²) in [7, 11) is 0. The van der Waals surface area contributed by atoms with Crippen molar-refractivity contribution in [2.75, 3.05) is 0 Å². The molecule has 0 unspecified atom stereocenters. The molecule has 0 fully saturated rings. The Kier molecular flexibility index (Phi) is 9.41. The zero-order valence-electron chi connectivity index (χ0n) is 41.9. The molecule has 0 aliphatic rings. The van der Waals surface area contributed by atoms with E-state index in [1.807, 2.05) is 36.4 Å². The third-order valence-corrected chi connectivity index (χ3v) is 15.7. The highest BCUT2D eigenvalue weighted by molar-refractivity contribution is 6.29. The summed E-state index contributed by atoms with van der Waals surface area (Å²) >= 11 is 0. The first-order valence-corrected chi connectivity index (χ1v) is 26.2. The van der Waals surface area contributed by atoms with Crippen LogP contribution < -0.4 is 0 Å². The second-order valence-corrected chi connectivity index (χ2v) is 20.0. The Bertz CT molecular complexity index is 4960. The van der Waals surface area contributed by atoms with Gasteiger partial charge in [0.2, 0.25) is 0 Å². The maximum Gasteiger partial charge on any atom is 0.164 e. The minimum Gasteiger partial charge on any atom is -0.309 e. The molecule has 11 aromatic carbocycles. The first-order chi connectivity index (χ1) is 38.1. The number of aryl methyl sites for hydroxylation is 1. The highest BCUT2D eigenvalue weighted by atomic mass is 15.1. The van der Waals surface area contributed by atoms with Gasteiger partial charge in [-0.25, -0.2) is 15.0 Å². The quantitative estimate of drug-likeness (QED) is 0.160. The maximum absolute atomic E-state index is 5.21. The molecule has 5 aromatic heterocycles. The predicted octanol–water partition coefficient (Wildman–Crippen LogP) is 17.6. The minimum atomic E-state index is 0.615. The monoisotopic (exact) mass is 983 g/mol. The highest BCUT2D eigenvalue weighted by Crippen LogP contribution is 2.47. The molecule has 16 rings (SSSR count). The van der Waals surface area contributed by atoms with E-state index < -0.39 is 0 Å². The lowest BCUT2D eigenvalue weighted by atomic mass is 10.0. The molecule has 0 aliphatic carbocycles. The number of aromatic nitrogens is 7. The van der Waals surface area contributed by atoms with Crippen molar-refractivity contribution in [1.29, 1.82) is 0 Å². The van der Waals surface area contributed by atoms with Gasteiger partial charge in [-0.15, -0.1) is 0 Å². The first kappa shape index (κ1) is 43.1. The van der Waals surface area contributed by atoms with Crippen molar-refractivity contribution in [2.45, 2.75) is 6.92 Å². The van der Waals surface area contributed by atoms with Crippen LogP contribution in [0.3, 0.4) is 0 Å². The average Bonchev–Trinajstić information content (AvgIpc) is 4.32. The number of nitrogens with zero attached hydrogens (tertiary/aromatic N) is 7. The fraction of sp³-hybridized carbons (Fsp3) is 0.0143. The van der Waals surface area contributed by atoms with Gasteiger partial charge in [0.05, 0.1) is 44.1 Å². The van der Waals surface area contributed by atoms with Gasteiger partial charge in [0.15, 0.2) is 17.5 Å². The van der Waals surface area contributed by atoms with Gasteiger partial charge in [0.1, 0.15) is 0 Å². The van der Waals surface area contributed by atoms with Crippen LogP contribution in [0.2, 0.25) is 0 Å². The molecule has 0 aliphatic heterocycles. The second kappa shape index (κ2) is 16.8. The van der Waals surface area contributed by atoms with Gasteiger partial charge in [-0.2, -0.15) is 0 Å². The van der Waals surface area contributed by atoms with E-state index in [1.54, 1.807) is 0 Å². The summed E-state index contributed by atoms with van der Waals surface area (Å²) in [5, 5.41) is 9.58. The van der Waals surface area contributed by atoms with E-state index in [9.17, 15) is 0 Å². The van der Waals surface area contributed by atoms with Crippen LogP contribution >= 0.6 is 0 Å². The molecule has 0 saturated heterocycles. The summed E-state index contributed by atoms with van der Waals surface area (Å²) in [6.45, 7) is 2.28. The van der Waals surface area contributed by atoms with Crippen molar-refractivity contribution in [2.24, 2.45) is 0 Å². The summed E-state index contributed by atoms with van der Waals surface area (Å²) in [5.41, 5.74) is 17.6. The molecule has 7 nitrogen and oxygen atoms in total. The van der Waals surface area contributed by atoms with Crippen LogP contribution in [-0.2, 0) is 0 Å². The molecular formula is C70H45N7. The largest absolute Gasteiger partial charge is 0.309 e. The molecular weight excluding hydrogens is 939 g/mol. The molecule has 360 valence electrons. The summed E-state index contributed by atoms with van der Waals surface area (Å²) in [5.74, 6) is 1.88. The first-order valence-electron chi connectivity index (χ1n) is 26.2. The van der Waals surface area contributed by atoms with Crippen molar-refractivity contribution < 1.29 is 0 Å². The average molecular weight is 984 g/mol. The Labute approximate surface area is 442 Å². The van der Waals surface area contributed by atoms with Crippen molar-refractivity contribution >= 4 is 87.2 Å². The Morgan fingerprint density at radius 2 is 0.675 bits per heavy atom. The zero-order chi connectivity index (χ0) is 50.7. The fourth-order valence-electron chi connectivity index (χ4n) is 12.4. The topological polar surface area (TPSA) is 58.4 Å². The minimum absolute atomic E-state index is 0.615. The van der Waals surface area contributed by atoms with Gasteiger partial charge in [-0.1, -0.05) is 158 Å². The Balaban J connectivity index is 1.00. The van der Waals surface area contributed by atoms with Gasteiger partial charge in [-0.05, 0) is 110 Å². The number of rotatable bonds is 7. The molecule has 77 heavy (non-hydrogen) atoms. The highest BCUT2D eigenvalue weighted by Gasteiger charge is 2.26. The number of hydrogen-bond donors (Lipinski definition) is 0. The van der Waals surface area contributed by atoms with Gasteiger partial charge >= 0.3 is 0 Å². The van der Waals surface area contributed by atoms with E-state index in [0.717, 1.165) is 83.3 Å². The van der Waals surface area contributed by atoms with E-state index in [0.29, 0.717) is 17.5 Å². The molecule has 0 saturated carbocycles. The van der Waals surface area contributed by atoms with Crippen LogP contribution in [0.25, 0.3) is 144 Å². The molecule has 16 aromatic rings. The summed E-state index contributed by atoms with van der Waals surface area (Å²) in [4.78, 5) is 15.5. The standard InChI is InChI=1S/C70H45N7/c1-44-41-62-65(55-42-47(35-38-59(55)74(62)48-25-11-4-12-26-48)70-72-68(45-21-7-2-8-22-45)71-69(73-70)46-23-9-3-10-24-46)67-63(44)56-43-51(36-39-60(56)77(67)50-29-15-6-16-30-50)75-58-34-20-18-32-54(58)64-61(75)40-37-53-52-31-17-19-33-57(52)76(66(53)64)49-27-13-5-14-28-49/h2-43H,1H3. The van der Waals surface area contributed by atoms with Crippen LogP contribution in [0.4, 0.5) is 0 Å².